The van der Waals surface area contributed by atoms with Gasteiger partial charge in [-0.1, -0.05) is 0 Å². The zero-order valence-corrected chi connectivity index (χ0v) is 28.0. The van der Waals surface area contributed by atoms with Crippen LogP contribution in [0, 0.1) is 0 Å². The maximum atomic E-state index is 10.8. The molecule has 300 valence electrons. The van der Waals surface area contributed by atoms with Gasteiger partial charge in [0.2, 0.25) is 18.9 Å². The van der Waals surface area contributed by atoms with Crippen LogP contribution in [0.4, 0.5) is 0 Å². The van der Waals surface area contributed by atoms with Crippen LogP contribution in [0.3, 0.4) is 0 Å². The van der Waals surface area contributed by atoms with E-state index in [0.717, 1.165) is 12.1 Å². The summed E-state index contributed by atoms with van der Waals surface area (Å²) >= 11 is 0. The molecule has 0 spiro atoms. The number of hydrogen-bond donors (Lipinski definition) is 14. The topological polar surface area (TPSA) is 351 Å². The maximum absolute atomic E-state index is 10.8. The molecule has 4 aliphatic rings. The highest BCUT2D eigenvalue weighted by Crippen LogP contribution is 2.47. The predicted octanol–water partition coefficient (Wildman–Crippen LogP) is -5.39. The largest absolute Gasteiger partial charge is 0.571 e. The number of phenolic OH excluding ortho intramolecular Hbond substituents is 2. The Hall–Kier alpha value is -3.62. The molecular formula is C33H43O21+. The molecule has 4 heterocycles. The lowest BCUT2D eigenvalue weighted by molar-refractivity contribution is -0.295. The van der Waals surface area contributed by atoms with Crippen LogP contribution >= 0.6 is 0 Å². The Kier molecular flexibility index (Phi) is 12.0. The molecule has 3 fully saturated rings. The number of aromatic hydroxyl groups is 3. The van der Waals surface area contributed by atoms with Gasteiger partial charge in [0.25, 0.3) is 11.9 Å². The third kappa shape index (κ3) is 7.62. The molecule has 0 radical (unpaired) electrons. The van der Waals surface area contributed by atoms with Gasteiger partial charge >= 0.3 is 0 Å². The van der Waals surface area contributed by atoms with E-state index in [0.29, 0.717) is 0 Å². The Morgan fingerprint density at radius 3 is 1.48 bits per heavy atom. The van der Waals surface area contributed by atoms with Crippen molar-refractivity contribution in [2.24, 2.45) is 0 Å². The Morgan fingerprint density at radius 2 is 1.00 bits per heavy atom. The van der Waals surface area contributed by atoms with Crippen molar-refractivity contribution in [3.05, 3.63) is 47.2 Å². The van der Waals surface area contributed by atoms with Crippen molar-refractivity contribution in [3.8, 4) is 28.7 Å². The Morgan fingerprint density at radius 1 is 0.537 bits per heavy atom. The summed E-state index contributed by atoms with van der Waals surface area (Å²) in [5.41, 5.74) is 0.186. The number of fused-ring (bicyclic) bond motifs is 1. The first-order chi connectivity index (χ1) is 25.7. The highest BCUT2D eigenvalue weighted by Gasteiger charge is 2.49. The second-order valence-electron chi connectivity index (χ2n) is 13.1. The fraction of sp³-hybridized carbons (Fsp3) is 0.576. The molecule has 21 heteroatoms. The molecule has 2 aromatic rings. The normalized spacial score (nSPS) is 39.5. The molecule has 15 N–H and O–H groups in total. The van der Waals surface area contributed by atoms with E-state index in [4.69, 9.17) is 28.4 Å². The van der Waals surface area contributed by atoms with Crippen LogP contribution in [0.5, 0.6) is 28.7 Å². The average molecular weight is 776 g/mol. The lowest BCUT2D eigenvalue weighted by atomic mass is 9.98. The number of benzene rings is 2. The number of ether oxygens (including phenoxy) is 7. The van der Waals surface area contributed by atoms with E-state index in [1.165, 1.54) is 24.3 Å². The Bertz CT molecular complexity index is 1640. The van der Waals surface area contributed by atoms with Crippen molar-refractivity contribution in [3.63, 3.8) is 0 Å². The minimum atomic E-state index is -1.89. The highest BCUT2D eigenvalue weighted by molar-refractivity contribution is 5.70. The van der Waals surface area contributed by atoms with E-state index >= 15 is 0 Å². The minimum Gasteiger partial charge on any atom is -0.571 e. The van der Waals surface area contributed by atoms with Crippen LogP contribution in [0.15, 0.2) is 36.1 Å². The van der Waals surface area contributed by atoms with Gasteiger partial charge in [0.15, 0.2) is 17.3 Å². The standard InChI is InChI=1S/C33H42O21/c34-7-18-21(39)24(42)27(45)31(52-18)49-15-5-11(37)4-14-12(15)6-17(51-33-29(47)26(44)23(41)20(9-36)54-33)30(48-14)10-1-2-13(38)16(3-10)50-32-28(46)25(43)22(40)19(8-35)53-32/h1-6,18-47H,7-9H2/p+1. The molecule has 4 aliphatic heterocycles. The highest BCUT2D eigenvalue weighted by atomic mass is 16.7. The number of phenols is 2. The number of hydrogen-bond acceptors (Lipinski definition) is 20. The third-order valence-electron chi connectivity index (χ3n) is 9.51. The van der Waals surface area contributed by atoms with Gasteiger partial charge in [0.1, 0.15) is 90.3 Å². The molecule has 0 amide bonds. The van der Waals surface area contributed by atoms with Crippen LogP contribution in [0.25, 0.3) is 6.08 Å². The molecular weight excluding hydrogens is 732 g/mol. The van der Waals surface area contributed by atoms with Gasteiger partial charge in [-0.2, -0.15) is 0 Å². The quantitative estimate of drug-likeness (QED) is 0.100. The van der Waals surface area contributed by atoms with Crippen molar-refractivity contribution in [1.29, 1.82) is 0 Å². The van der Waals surface area contributed by atoms with Crippen molar-refractivity contribution in [2.75, 3.05) is 19.8 Å². The number of aliphatic hydroxyl groups is 13. The summed E-state index contributed by atoms with van der Waals surface area (Å²) < 4.78 is 38.5. The van der Waals surface area contributed by atoms with E-state index in [-0.39, 0.29) is 34.1 Å². The van der Waals surface area contributed by atoms with Gasteiger partial charge < -0.3 is 105 Å². The molecule has 21 nitrogen and oxygen atoms in total. The summed E-state index contributed by atoms with van der Waals surface area (Å²) in [4.78, 5) is 0. The smallest absolute Gasteiger partial charge is 0.270 e. The maximum Gasteiger partial charge on any atom is 0.270 e. The van der Waals surface area contributed by atoms with Crippen molar-refractivity contribution < 1.29 is 105 Å². The molecule has 0 aliphatic carbocycles. The van der Waals surface area contributed by atoms with E-state index in [1.807, 2.05) is 0 Å². The van der Waals surface area contributed by atoms with Gasteiger partial charge in [-0.3, -0.25) is 0 Å². The van der Waals surface area contributed by atoms with E-state index in [9.17, 15) is 71.5 Å². The molecule has 54 heavy (non-hydrogen) atoms. The third-order valence-corrected chi connectivity index (χ3v) is 9.51. The molecule has 16 unspecified atom stereocenters. The van der Waals surface area contributed by atoms with Crippen LogP contribution < -0.4 is 9.47 Å². The van der Waals surface area contributed by atoms with E-state index < -0.39 is 130 Å². The van der Waals surface area contributed by atoms with Gasteiger partial charge in [0.05, 0.1) is 31.5 Å². The van der Waals surface area contributed by atoms with Gasteiger partial charge in [-0.05, 0) is 18.2 Å². The van der Waals surface area contributed by atoms with Gasteiger partial charge in [0, 0.05) is 12.1 Å². The average Bonchev–Trinajstić information content (AvgIpc) is 3.16. The lowest BCUT2D eigenvalue weighted by Gasteiger charge is -2.41. The molecule has 16 atom stereocenters. The summed E-state index contributed by atoms with van der Waals surface area (Å²) in [5, 5.41) is 144. The van der Waals surface area contributed by atoms with Crippen molar-refractivity contribution in [2.45, 2.75) is 98.2 Å². The van der Waals surface area contributed by atoms with Crippen molar-refractivity contribution in [1.82, 2.24) is 0 Å². The van der Waals surface area contributed by atoms with Crippen LogP contribution in [0.1, 0.15) is 17.2 Å². The van der Waals surface area contributed by atoms with E-state index in [2.05, 4.69) is 4.74 Å². The second kappa shape index (κ2) is 16.2. The molecule has 0 saturated carbocycles. The van der Waals surface area contributed by atoms with Gasteiger partial charge in [-0.15, -0.1) is 0 Å². The predicted molar refractivity (Wildman–Crippen MR) is 172 cm³/mol. The zero-order valence-electron chi connectivity index (χ0n) is 28.0. The second-order valence-corrected chi connectivity index (χ2v) is 13.1. The van der Waals surface area contributed by atoms with Crippen molar-refractivity contribution >= 4 is 6.08 Å². The monoisotopic (exact) mass is 775 g/mol. The summed E-state index contributed by atoms with van der Waals surface area (Å²) in [7, 11) is 0. The summed E-state index contributed by atoms with van der Waals surface area (Å²) in [5.74, 6) is -1.69. The number of aliphatic hydroxyl groups excluding tert-OH is 12. The van der Waals surface area contributed by atoms with E-state index in [1.54, 1.807) is 0 Å². The first-order valence-corrected chi connectivity index (χ1v) is 16.7. The fourth-order valence-electron chi connectivity index (χ4n) is 6.38. The van der Waals surface area contributed by atoms with Gasteiger partial charge in [-0.25, -0.2) is 0 Å². The Labute approximate surface area is 304 Å². The fourth-order valence-corrected chi connectivity index (χ4v) is 6.38. The number of rotatable bonds is 10. The lowest BCUT2D eigenvalue weighted by Crippen LogP contribution is -2.60. The molecule has 0 aromatic heterocycles. The van der Waals surface area contributed by atoms with Crippen LogP contribution in [-0.4, -0.2) is 188 Å². The summed E-state index contributed by atoms with van der Waals surface area (Å²) in [6.45, 7) is -2.30. The molecule has 6 rings (SSSR count). The summed E-state index contributed by atoms with van der Waals surface area (Å²) in [6.07, 6.45) is -25.4. The van der Waals surface area contributed by atoms with Crippen LogP contribution in [-0.2, 0) is 18.9 Å². The Balaban J connectivity index is 1.38. The molecule has 3 saturated heterocycles. The summed E-state index contributed by atoms with van der Waals surface area (Å²) in [6, 6.07) is 6.02. The first kappa shape index (κ1) is 40.1. The SMILES string of the molecule is OCC1OC(OC2=Cc3c(OC4OC(CO)C(O)C(O)C4O)cc(O)cc3[OH+]C2c2ccc(O)c(OC3OC(CO)C(O)C(O)C3O)c2)C(O)C(O)C1O. The molecule has 0 bridgehead atoms. The van der Waals surface area contributed by atoms with Crippen LogP contribution in [0.2, 0.25) is 0 Å². The first-order valence-electron chi connectivity index (χ1n) is 16.7. The molecule has 2 aromatic carbocycles. The zero-order chi connectivity index (χ0) is 39.2. The minimum absolute atomic E-state index is 0.00483.